The molecule has 4 atom stereocenters. The monoisotopic (exact) mass is 535 g/mol. The maximum atomic E-state index is 13.6. The Kier molecular flexibility index (Phi) is 7.07. The van der Waals surface area contributed by atoms with E-state index < -0.39 is 35.9 Å². The van der Waals surface area contributed by atoms with Gasteiger partial charge in [0.15, 0.2) is 0 Å². The molecule has 9 nitrogen and oxygen atoms in total. The fraction of sp³-hybridized carbons (Fsp3) is 0.357. The molecule has 10 heteroatoms. The molecule has 0 saturated carbocycles. The van der Waals surface area contributed by atoms with Crippen LogP contribution in [-0.2, 0) is 30.3 Å². The average Bonchev–Trinajstić information content (AvgIpc) is 3.34. The van der Waals surface area contributed by atoms with Crippen molar-refractivity contribution in [3.8, 4) is 0 Å². The van der Waals surface area contributed by atoms with Gasteiger partial charge in [-0.25, -0.2) is 4.79 Å². The second-order valence-corrected chi connectivity index (χ2v) is 10.7. The Balaban J connectivity index is 1.36. The average molecular weight is 536 g/mol. The standard InChI is InChI=1S/C28H29N3O6S/c1-3-15(2)23(29-22(32)12-17-14-38-21-7-5-4-6-18(17)21)26(33)30-24-19-13-37-11-10-16-8-9-20(28(35)36)31(25(16)19)27(24)34/h4-8,10-11,14-15,20,23-24H,3,9,12-13H2,1-2H3,(H,29,32)(H,30,33)(H,35,36)/t15?,20-,23?,24-/m0/s1. The van der Waals surface area contributed by atoms with Crippen LogP contribution in [0.2, 0.25) is 0 Å². The third-order valence-corrected chi connectivity index (χ3v) is 8.41. The van der Waals surface area contributed by atoms with Gasteiger partial charge in [-0.1, -0.05) is 44.5 Å². The van der Waals surface area contributed by atoms with E-state index in [1.165, 1.54) is 11.2 Å². The molecule has 0 bridgehead atoms. The molecule has 38 heavy (non-hydrogen) atoms. The Morgan fingerprint density at radius 3 is 2.82 bits per heavy atom. The number of fused-ring (bicyclic) bond motifs is 1. The van der Waals surface area contributed by atoms with Crippen LogP contribution in [0.25, 0.3) is 10.1 Å². The molecule has 1 aromatic heterocycles. The quantitative estimate of drug-likeness (QED) is 0.478. The molecule has 2 unspecified atom stereocenters. The molecule has 2 aromatic rings. The van der Waals surface area contributed by atoms with Crippen LogP contribution in [0.15, 0.2) is 64.9 Å². The van der Waals surface area contributed by atoms with E-state index in [0.717, 1.165) is 15.6 Å². The Labute approximate surface area is 223 Å². The van der Waals surface area contributed by atoms with E-state index in [-0.39, 0.29) is 31.3 Å². The summed E-state index contributed by atoms with van der Waals surface area (Å²) in [6.45, 7) is 3.83. The molecular formula is C28H29N3O6S. The largest absolute Gasteiger partial charge is 0.497 e. The Hall–Kier alpha value is -3.92. The molecule has 0 aliphatic carbocycles. The third-order valence-electron chi connectivity index (χ3n) is 7.40. The minimum Gasteiger partial charge on any atom is -0.497 e. The molecule has 0 radical (unpaired) electrons. The number of nitrogens with one attached hydrogen (secondary N) is 2. The van der Waals surface area contributed by atoms with Gasteiger partial charge in [0.2, 0.25) is 11.8 Å². The first kappa shape index (κ1) is 25.7. The van der Waals surface area contributed by atoms with Crippen molar-refractivity contribution < 1.29 is 29.0 Å². The van der Waals surface area contributed by atoms with Crippen LogP contribution < -0.4 is 10.6 Å². The Morgan fingerprint density at radius 2 is 2.05 bits per heavy atom. The van der Waals surface area contributed by atoms with Gasteiger partial charge in [-0.15, -0.1) is 11.3 Å². The van der Waals surface area contributed by atoms with Gasteiger partial charge in [0.1, 0.15) is 24.7 Å². The summed E-state index contributed by atoms with van der Waals surface area (Å²) in [5, 5.41) is 18.4. The number of carboxylic acids is 1. The van der Waals surface area contributed by atoms with Gasteiger partial charge in [0.05, 0.1) is 18.4 Å². The SMILES string of the molecule is CCC(C)C(NC(=O)Cc1csc2ccccc12)C(=O)N[C@@H]1C(=O)N2C3=C1COC=CC3=CC[C@H]2C(=O)O. The second-order valence-electron chi connectivity index (χ2n) is 9.75. The number of carboxylic acid groups (broad SMARTS) is 1. The molecule has 0 spiro atoms. The maximum Gasteiger partial charge on any atom is 0.327 e. The fourth-order valence-electron chi connectivity index (χ4n) is 5.18. The first-order valence-electron chi connectivity index (χ1n) is 12.6. The lowest BCUT2D eigenvalue weighted by atomic mass is 9.96. The van der Waals surface area contributed by atoms with E-state index in [4.69, 9.17) is 4.74 Å². The highest BCUT2D eigenvalue weighted by molar-refractivity contribution is 7.17. The molecular weight excluding hydrogens is 506 g/mol. The second kappa shape index (κ2) is 10.4. The van der Waals surface area contributed by atoms with E-state index in [1.54, 1.807) is 23.5 Å². The van der Waals surface area contributed by atoms with Crippen LogP contribution >= 0.6 is 11.3 Å². The van der Waals surface area contributed by atoms with Crippen LogP contribution in [0.5, 0.6) is 0 Å². The van der Waals surface area contributed by atoms with E-state index in [1.807, 2.05) is 43.5 Å². The van der Waals surface area contributed by atoms with Crippen molar-refractivity contribution in [3.63, 3.8) is 0 Å². The number of allylic oxidation sites excluding steroid dienone is 1. The molecule has 198 valence electrons. The molecule has 0 fully saturated rings. The number of ether oxygens (including phenoxy) is 1. The minimum absolute atomic E-state index is 0.0360. The van der Waals surface area contributed by atoms with Crippen molar-refractivity contribution in [2.24, 2.45) is 5.92 Å². The van der Waals surface area contributed by atoms with Crippen molar-refractivity contribution >= 4 is 45.1 Å². The molecule has 3 N–H and O–H groups in total. The van der Waals surface area contributed by atoms with Gasteiger partial charge in [-0.3, -0.25) is 19.3 Å². The summed E-state index contributed by atoms with van der Waals surface area (Å²) >= 11 is 1.57. The van der Waals surface area contributed by atoms with Gasteiger partial charge in [0, 0.05) is 10.3 Å². The van der Waals surface area contributed by atoms with E-state index in [0.29, 0.717) is 23.3 Å². The number of rotatable bonds is 8. The Bertz CT molecular complexity index is 1410. The summed E-state index contributed by atoms with van der Waals surface area (Å²) in [6, 6.07) is 4.84. The first-order chi connectivity index (χ1) is 18.3. The lowest BCUT2D eigenvalue weighted by molar-refractivity contribution is -0.148. The highest BCUT2D eigenvalue weighted by Gasteiger charge is 2.48. The van der Waals surface area contributed by atoms with Crippen LogP contribution in [-0.4, -0.2) is 58.4 Å². The highest BCUT2D eigenvalue weighted by atomic mass is 32.1. The number of aliphatic carboxylic acids is 1. The zero-order valence-corrected chi connectivity index (χ0v) is 21.9. The lowest BCUT2D eigenvalue weighted by Crippen LogP contribution is -2.56. The summed E-state index contributed by atoms with van der Waals surface area (Å²) in [7, 11) is 0. The summed E-state index contributed by atoms with van der Waals surface area (Å²) in [6.07, 6.45) is 5.87. The number of nitrogens with zero attached hydrogens (tertiary/aromatic N) is 1. The summed E-state index contributed by atoms with van der Waals surface area (Å²) in [5.41, 5.74) is 2.56. The van der Waals surface area contributed by atoms with Gasteiger partial charge in [-0.05, 0) is 46.4 Å². The lowest BCUT2D eigenvalue weighted by Gasteiger charge is -2.31. The van der Waals surface area contributed by atoms with E-state index in [9.17, 15) is 24.3 Å². The predicted octanol–water partition coefficient (Wildman–Crippen LogP) is 2.88. The fourth-order valence-corrected chi connectivity index (χ4v) is 6.15. The normalized spacial score (nSPS) is 21.8. The topological polar surface area (TPSA) is 125 Å². The number of hydrogen-bond donors (Lipinski definition) is 3. The van der Waals surface area contributed by atoms with Gasteiger partial charge in [-0.2, -0.15) is 0 Å². The van der Waals surface area contributed by atoms with E-state index >= 15 is 0 Å². The number of carbonyl (C=O) groups excluding carboxylic acids is 3. The zero-order valence-electron chi connectivity index (χ0n) is 21.1. The first-order valence-corrected chi connectivity index (χ1v) is 13.5. The smallest absolute Gasteiger partial charge is 0.327 e. The molecule has 3 amide bonds. The highest BCUT2D eigenvalue weighted by Crippen LogP contribution is 2.38. The number of hydrogen-bond acceptors (Lipinski definition) is 6. The molecule has 4 heterocycles. The zero-order chi connectivity index (χ0) is 27.0. The summed E-state index contributed by atoms with van der Waals surface area (Å²) < 4.78 is 6.62. The summed E-state index contributed by atoms with van der Waals surface area (Å²) in [5.74, 6) is -2.62. The van der Waals surface area contributed by atoms with Gasteiger partial charge < -0.3 is 20.5 Å². The van der Waals surface area contributed by atoms with E-state index in [2.05, 4.69) is 10.6 Å². The molecule has 1 aromatic carbocycles. The van der Waals surface area contributed by atoms with Gasteiger partial charge in [0.25, 0.3) is 5.91 Å². The predicted molar refractivity (Wildman–Crippen MR) is 142 cm³/mol. The van der Waals surface area contributed by atoms with Crippen molar-refractivity contribution in [1.29, 1.82) is 0 Å². The van der Waals surface area contributed by atoms with Crippen molar-refractivity contribution in [3.05, 3.63) is 70.5 Å². The molecule has 0 saturated heterocycles. The van der Waals surface area contributed by atoms with Crippen molar-refractivity contribution in [1.82, 2.24) is 15.5 Å². The van der Waals surface area contributed by atoms with Crippen LogP contribution in [0.4, 0.5) is 0 Å². The third kappa shape index (κ3) is 4.60. The number of thiophene rings is 1. The van der Waals surface area contributed by atoms with Crippen molar-refractivity contribution in [2.75, 3.05) is 6.61 Å². The van der Waals surface area contributed by atoms with Crippen molar-refractivity contribution in [2.45, 2.75) is 51.2 Å². The number of amides is 3. The molecule has 3 aliphatic rings. The minimum atomic E-state index is -1.12. The van der Waals surface area contributed by atoms with Gasteiger partial charge >= 0.3 is 5.97 Å². The Morgan fingerprint density at radius 1 is 1.26 bits per heavy atom. The number of carbonyl (C=O) groups is 4. The van der Waals surface area contributed by atoms with Crippen LogP contribution in [0.3, 0.4) is 0 Å². The molecule has 3 aliphatic heterocycles. The number of benzene rings is 1. The summed E-state index contributed by atoms with van der Waals surface area (Å²) in [4.78, 5) is 53.3. The van der Waals surface area contributed by atoms with Crippen LogP contribution in [0.1, 0.15) is 32.3 Å². The van der Waals surface area contributed by atoms with Crippen LogP contribution in [0, 0.1) is 5.92 Å². The molecule has 5 rings (SSSR count). The maximum absolute atomic E-state index is 13.6.